The van der Waals surface area contributed by atoms with E-state index in [1.54, 1.807) is 0 Å². The molecule has 0 aliphatic rings. The van der Waals surface area contributed by atoms with Crippen molar-refractivity contribution in [3.8, 4) is 12.3 Å². The molecule has 2 nitrogen and oxygen atoms in total. The van der Waals surface area contributed by atoms with Crippen molar-refractivity contribution in [2.45, 2.75) is 13.0 Å². The van der Waals surface area contributed by atoms with Crippen molar-refractivity contribution >= 4 is 0 Å². The van der Waals surface area contributed by atoms with Crippen LogP contribution in [0, 0.1) is 12.3 Å². The Morgan fingerprint density at radius 2 is 1.87 bits per heavy atom. The third-order valence-electron chi connectivity index (χ3n) is 2.27. The maximum Gasteiger partial charge on any atom is 0.0599 e. The van der Waals surface area contributed by atoms with Gasteiger partial charge in [0, 0.05) is 6.54 Å². The first-order chi connectivity index (χ1) is 7.26. The summed E-state index contributed by atoms with van der Waals surface area (Å²) in [7, 11) is 2.02. The summed E-state index contributed by atoms with van der Waals surface area (Å²) >= 11 is 0. The molecule has 2 N–H and O–H groups in total. The molecule has 1 rings (SSSR count). The molecule has 80 valence electrons. The minimum absolute atomic E-state index is 0.685. The lowest BCUT2D eigenvalue weighted by Gasteiger charge is -2.13. The second-order valence-corrected chi connectivity index (χ2v) is 3.73. The van der Waals surface area contributed by atoms with Crippen molar-refractivity contribution in [3.63, 3.8) is 0 Å². The molecule has 0 spiro atoms. The quantitative estimate of drug-likeness (QED) is 0.728. The molecule has 0 aliphatic carbocycles. The average molecular weight is 202 g/mol. The predicted molar refractivity (Wildman–Crippen MR) is 64.4 cm³/mol. The van der Waals surface area contributed by atoms with Crippen LogP contribution in [0.25, 0.3) is 0 Å². The normalized spacial score (nSPS) is 10.3. The highest BCUT2D eigenvalue weighted by molar-refractivity contribution is 5.22. The van der Waals surface area contributed by atoms with E-state index in [1.165, 1.54) is 11.1 Å². The van der Waals surface area contributed by atoms with Crippen LogP contribution in [-0.2, 0) is 13.0 Å². The van der Waals surface area contributed by atoms with Crippen LogP contribution in [-0.4, -0.2) is 25.0 Å². The summed E-state index contributed by atoms with van der Waals surface area (Å²) in [5, 5.41) is 0. The van der Waals surface area contributed by atoms with Gasteiger partial charge in [-0.1, -0.05) is 30.2 Å². The highest BCUT2D eigenvalue weighted by atomic mass is 15.1. The molecular weight excluding hydrogens is 184 g/mol. The van der Waals surface area contributed by atoms with Crippen molar-refractivity contribution < 1.29 is 0 Å². The van der Waals surface area contributed by atoms with Crippen LogP contribution in [0.2, 0.25) is 0 Å². The van der Waals surface area contributed by atoms with Crippen molar-refractivity contribution in [2.24, 2.45) is 5.73 Å². The van der Waals surface area contributed by atoms with Gasteiger partial charge >= 0.3 is 0 Å². The van der Waals surface area contributed by atoms with Crippen molar-refractivity contribution in [2.75, 3.05) is 20.1 Å². The second kappa shape index (κ2) is 6.23. The van der Waals surface area contributed by atoms with E-state index >= 15 is 0 Å². The average Bonchev–Trinajstić information content (AvgIpc) is 2.22. The lowest BCUT2D eigenvalue weighted by molar-refractivity contribution is 0.369. The van der Waals surface area contributed by atoms with Gasteiger partial charge < -0.3 is 5.73 Å². The smallest absolute Gasteiger partial charge is 0.0599 e. The van der Waals surface area contributed by atoms with E-state index in [9.17, 15) is 0 Å². The van der Waals surface area contributed by atoms with Crippen LogP contribution in [0.1, 0.15) is 11.1 Å². The molecule has 0 atom stereocenters. The molecule has 0 aliphatic heterocycles. The van der Waals surface area contributed by atoms with E-state index in [-0.39, 0.29) is 0 Å². The molecule has 0 bridgehead atoms. The Balaban J connectivity index is 2.53. The van der Waals surface area contributed by atoms with Gasteiger partial charge in [0.1, 0.15) is 0 Å². The highest BCUT2D eigenvalue weighted by Gasteiger charge is 1.98. The number of hydrogen-bond acceptors (Lipinski definition) is 2. The number of benzene rings is 1. The Bertz CT molecular complexity index is 321. The molecule has 0 aromatic heterocycles. The molecule has 0 saturated carbocycles. The summed E-state index contributed by atoms with van der Waals surface area (Å²) < 4.78 is 0. The van der Waals surface area contributed by atoms with E-state index in [0.717, 1.165) is 13.0 Å². The lowest BCUT2D eigenvalue weighted by Crippen LogP contribution is -2.17. The minimum Gasteiger partial charge on any atom is -0.330 e. The second-order valence-electron chi connectivity index (χ2n) is 3.73. The van der Waals surface area contributed by atoms with E-state index in [2.05, 4.69) is 35.1 Å². The Labute approximate surface area is 92.1 Å². The summed E-state index contributed by atoms with van der Waals surface area (Å²) in [6, 6.07) is 8.54. The summed E-state index contributed by atoms with van der Waals surface area (Å²) in [6.07, 6.45) is 6.19. The number of rotatable bonds is 5. The first kappa shape index (κ1) is 11.8. The van der Waals surface area contributed by atoms with E-state index in [0.29, 0.717) is 13.1 Å². The fraction of sp³-hybridized carbons (Fsp3) is 0.385. The van der Waals surface area contributed by atoms with Crippen molar-refractivity contribution in [1.82, 2.24) is 4.90 Å². The third kappa shape index (κ3) is 4.16. The summed E-state index contributed by atoms with van der Waals surface area (Å²) in [5.74, 6) is 2.63. The SMILES string of the molecule is C#CCN(C)Cc1ccc(CCN)cc1. The van der Waals surface area contributed by atoms with E-state index in [4.69, 9.17) is 12.2 Å². The van der Waals surface area contributed by atoms with Gasteiger partial charge in [-0.3, -0.25) is 4.90 Å². The van der Waals surface area contributed by atoms with Crippen LogP contribution in [0.4, 0.5) is 0 Å². The topological polar surface area (TPSA) is 29.3 Å². The van der Waals surface area contributed by atoms with Gasteiger partial charge in [-0.15, -0.1) is 6.42 Å². The van der Waals surface area contributed by atoms with Crippen LogP contribution >= 0.6 is 0 Å². The maximum absolute atomic E-state index is 5.49. The Kier molecular flexibility index (Phi) is 4.89. The molecule has 2 heteroatoms. The fourth-order valence-corrected chi connectivity index (χ4v) is 1.50. The van der Waals surface area contributed by atoms with Gasteiger partial charge in [-0.05, 0) is 31.1 Å². The summed E-state index contributed by atoms with van der Waals surface area (Å²) in [6.45, 7) is 2.29. The molecule has 0 heterocycles. The zero-order chi connectivity index (χ0) is 11.1. The third-order valence-corrected chi connectivity index (χ3v) is 2.27. The van der Waals surface area contributed by atoms with Crippen LogP contribution < -0.4 is 5.73 Å². The molecular formula is C13H18N2. The predicted octanol–water partition coefficient (Wildman–Crippen LogP) is 1.25. The molecule has 1 aromatic carbocycles. The Morgan fingerprint density at radius 3 is 2.40 bits per heavy atom. The van der Waals surface area contributed by atoms with Crippen LogP contribution in [0.5, 0.6) is 0 Å². The van der Waals surface area contributed by atoms with Gasteiger partial charge in [0.25, 0.3) is 0 Å². The summed E-state index contributed by atoms with van der Waals surface area (Å²) in [4.78, 5) is 2.11. The van der Waals surface area contributed by atoms with Gasteiger partial charge in [-0.2, -0.15) is 0 Å². The fourth-order valence-electron chi connectivity index (χ4n) is 1.50. The monoisotopic (exact) mass is 202 g/mol. The summed E-state index contributed by atoms with van der Waals surface area (Å²) in [5.41, 5.74) is 8.07. The van der Waals surface area contributed by atoms with Crippen molar-refractivity contribution in [1.29, 1.82) is 0 Å². The molecule has 0 fully saturated rings. The number of hydrogen-bond donors (Lipinski definition) is 1. The number of terminal acetylenes is 1. The van der Waals surface area contributed by atoms with Gasteiger partial charge in [0.15, 0.2) is 0 Å². The molecule has 0 radical (unpaired) electrons. The zero-order valence-corrected chi connectivity index (χ0v) is 9.24. The zero-order valence-electron chi connectivity index (χ0n) is 9.24. The first-order valence-corrected chi connectivity index (χ1v) is 5.16. The Hall–Kier alpha value is -1.30. The van der Waals surface area contributed by atoms with Crippen LogP contribution in [0.15, 0.2) is 24.3 Å². The van der Waals surface area contributed by atoms with Crippen LogP contribution in [0.3, 0.4) is 0 Å². The molecule has 15 heavy (non-hydrogen) atoms. The molecule has 0 saturated heterocycles. The van der Waals surface area contributed by atoms with Gasteiger partial charge in [0.2, 0.25) is 0 Å². The molecule has 0 unspecified atom stereocenters. The standard InChI is InChI=1S/C13H18N2/c1-3-10-15(2)11-13-6-4-12(5-7-13)8-9-14/h1,4-7H,8-11,14H2,2H3. The van der Waals surface area contributed by atoms with E-state index in [1.807, 2.05) is 7.05 Å². The number of nitrogens with zero attached hydrogens (tertiary/aromatic N) is 1. The Morgan fingerprint density at radius 1 is 1.27 bits per heavy atom. The lowest BCUT2D eigenvalue weighted by atomic mass is 10.1. The molecule has 0 amide bonds. The van der Waals surface area contributed by atoms with Crippen molar-refractivity contribution in [3.05, 3.63) is 35.4 Å². The minimum atomic E-state index is 0.685. The largest absolute Gasteiger partial charge is 0.330 e. The maximum atomic E-state index is 5.49. The van der Waals surface area contributed by atoms with Gasteiger partial charge in [0.05, 0.1) is 6.54 Å². The molecule has 1 aromatic rings. The van der Waals surface area contributed by atoms with Gasteiger partial charge in [-0.25, -0.2) is 0 Å². The van der Waals surface area contributed by atoms with E-state index < -0.39 is 0 Å². The number of nitrogens with two attached hydrogens (primary N) is 1. The first-order valence-electron chi connectivity index (χ1n) is 5.16. The highest BCUT2D eigenvalue weighted by Crippen LogP contribution is 2.06.